The number of carboxylic acids is 1. The second kappa shape index (κ2) is 17.2. The second-order valence-electron chi connectivity index (χ2n) is 9.48. The second-order valence-corrected chi connectivity index (χ2v) is 9.48. The molecule has 0 radical (unpaired) electrons. The number of aromatic hydroxyl groups is 1. The molecule has 2 aromatic carbocycles. The Bertz CT molecular complexity index is 1140. The highest BCUT2D eigenvalue weighted by Crippen LogP contribution is 2.35. The molecule has 0 aliphatic rings. The summed E-state index contributed by atoms with van der Waals surface area (Å²) in [6.07, 6.45) is 3.99. The number of ether oxygens (including phenoxy) is 4. The van der Waals surface area contributed by atoms with Gasteiger partial charge in [-0.1, -0.05) is 26.7 Å². The van der Waals surface area contributed by atoms with E-state index in [0.717, 1.165) is 18.4 Å². The predicted octanol–water partition coefficient (Wildman–Crippen LogP) is 5.81. The summed E-state index contributed by atoms with van der Waals surface area (Å²) in [7, 11) is 0. The van der Waals surface area contributed by atoms with Gasteiger partial charge in [-0.2, -0.15) is 0 Å². The third-order valence-electron chi connectivity index (χ3n) is 6.16. The van der Waals surface area contributed by atoms with Crippen LogP contribution in [0.5, 0.6) is 23.0 Å². The lowest BCUT2D eigenvalue weighted by molar-refractivity contribution is -0.137. The standard InChI is InChI=1S/C31H42O9/c1-5-9-25-27(13-11-23(21(3)32)30(25)36)38-18-7-16-37-17-8-19-40-31-24(22(4)33)12-14-28(26(31)10-6-2)39-20-15-29(34)35/h11-14,36H,5-10,15-20H2,1-4H3,(H,34,35). The number of phenolic OH excluding ortho intramolecular Hbond substituents is 1. The van der Waals surface area contributed by atoms with Crippen molar-refractivity contribution in [3.63, 3.8) is 0 Å². The van der Waals surface area contributed by atoms with Crippen molar-refractivity contribution in [1.82, 2.24) is 0 Å². The number of carbonyl (C=O) groups excluding carboxylic acids is 2. The number of carboxylic acid groups (broad SMARTS) is 1. The lowest BCUT2D eigenvalue weighted by atomic mass is 10.0. The van der Waals surface area contributed by atoms with E-state index in [0.29, 0.717) is 86.0 Å². The maximum absolute atomic E-state index is 12.2. The van der Waals surface area contributed by atoms with Crippen molar-refractivity contribution in [2.45, 2.75) is 72.6 Å². The summed E-state index contributed by atoms with van der Waals surface area (Å²) in [5.41, 5.74) is 2.19. The SMILES string of the molecule is CCCc1c(OCCCOCCCOc2c(C(C)=O)ccc(OCCC(=O)O)c2CCC)ccc(C(C)=O)c1O. The van der Waals surface area contributed by atoms with Gasteiger partial charge in [0.2, 0.25) is 0 Å². The highest BCUT2D eigenvalue weighted by atomic mass is 16.5. The summed E-state index contributed by atoms with van der Waals surface area (Å²) in [4.78, 5) is 34.8. The van der Waals surface area contributed by atoms with Crippen LogP contribution >= 0.6 is 0 Å². The molecule has 2 aromatic rings. The number of aliphatic carboxylic acids is 1. The van der Waals surface area contributed by atoms with E-state index in [4.69, 9.17) is 24.1 Å². The number of ketones is 2. The quantitative estimate of drug-likeness (QED) is 0.153. The number of phenols is 1. The van der Waals surface area contributed by atoms with Crippen molar-refractivity contribution in [2.75, 3.05) is 33.0 Å². The molecule has 40 heavy (non-hydrogen) atoms. The molecule has 0 unspecified atom stereocenters. The minimum atomic E-state index is -0.940. The van der Waals surface area contributed by atoms with Gasteiger partial charge >= 0.3 is 5.97 Å². The van der Waals surface area contributed by atoms with Crippen molar-refractivity contribution in [3.8, 4) is 23.0 Å². The summed E-state index contributed by atoms with van der Waals surface area (Å²) in [6.45, 7) is 8.65. The van der Waals surface area contributed by atoms with Crippen LogP contribution in [0.4, 0.5) is 0 Å². The van der Waals surface area contributed by atoms with Crippen LogP contribution in [0.1, 0.15) is 91.6 Å². The molecular weight excluding hydrogens is 516 g/mol. The normalized spacial score (nSPS) is 10.8. The Morgan fingerprint density at radius 2 is 1.23 bits per heavy atom. The monoisotopic (exact) mass is 558 g/mol. The first-order valence-electron chi connectivity index (χ1n) is 13.9. The summed E-state index contributed by atoms with van der Waals surface area (Å²) in [5, 5.41) is 19.4. The van der Waals surface area contributed by atoms with Crippen LogP contribution in [-0.2, 0) is 22.4 Å². The molecule has 0 aliphatic carbocycles. The van der Waals surface area contributed by atoms with Gasteiger partial charge in [0.25, 0.3) is 0 Å². The van der Waals surface area contributed by atoms with Crippen molar-refractivity contribution in [1.29, 1.82) is 0 Å². The van der Waals surface area contributed by atoms with Gasteiger partial charge in [-0.15, -0.1) is 0 Å². The Morgan fingerprint density at radius 3 is 1.80 bits per heavy atom. The summed E-state index contributed by atoms with van der Waals surface area (Å²) in [5.74, 6) is 0.348. The fraction of sp³-hybridized carbons (Fsp3) is 0.516. The van der Waals surface area contributed by atoms with Gasteiger partial charge in [0, 0.05) is 37.2 Å². The highest BCUT2D eigenvalue weighted by Gasteiger charge is 2.19. The van der Waals surface area contributed by atoms with Crippen molar-refractivity contribution >= 4 is 17.5 Å². The van der Waals surface area contributed by atoms with E-state index in [1.807, 2.05) is 13.8 Å². The van der Waals surface area contributed by atoms with Crippen LogP contribution < -0.4 is 14.2 Å². The van der Waals surface area contributed by atoms with Gasteiger partial charge < -0.3 is 29.2 Å². The lowest BCUT2D eigenvalue weighted by Crippen LogP contribution is -2.11. The highest BCUT2D eigenvalue weighted by molar-refractivity contribution is 5.98. The van der Waals surface area contributed by atoms with Gasteiger partial charge in [0.1, 0.15) is 23.0 Å². The number of hydrogen-bond donors (Lipinski definition) is 2. The molecule has 0 amide bonds. The molecule has 2 rings (SSSR count). The molecular formula is C31H42O9. The lowest BCUT2D eigenvalue weighted by Gasteiger charge is -2.18. The average molecular weight is 559 g/mol. The van der Waals surface area contributed by atoms with Crippen LogP contribution in [0, 0.1) is 0 Å². The molecule has 0 atom stereocenters. The van der Waals surface area contributed by atoms with E-state index in [9.17, 15) is 19.5 Å². The molecule has 0 heterocycles. The maximum Gasteiger partial charge on any atom is 0.306 e. The molecule has 2 N–H and O–H groups in total. The zero-order valence-electron chi connectivity index (χ0n) is 24.0. The van der Waals surface area contributed by atoms with E-state index in [2.05, 4.69) is 0 Å². The van der Waals surface area contributed by atoms with Crippen LogP contribution in [0.15, 0.2) is 24.3 Å². The minimum Gasteiger partial charge on any atom is -0.507 e. The number of carbonyl (C=O) groups is 3. The Balaban J connectivity index is 1.84. The van der Waals surface area contributed by atoms with E-state index in [-0.39, 0.29) is 30.3 Å². The molecule has 220 valence electrons. The van der Waals surface area contributed by atoms with E-state index in [1.54, 1.807) is 24.3 Å². The zero-order chi connectivity index (χ0) is 29.5. The molecule has 0 bridgehead atoms. The van der Waals surface area contributed by atoms with Crippen LogP contribution in [0.25, 0.3) is 0 Å². The van der Waals surface area contributed by atoms with Crippen LogP contribution in [0.3, 0.4) is 0 Å². The van der Waals surface area contributed by atoms with Crippen LogP contribution in [0.2, 0.25) is 0 Å². The number of rotatable bonds is 20. The molecule has 9 nitrogen and oxygen atoms in total. The fourth-order valence-corrected chi connectivity index (χ4v) is 4.23. The average Bonchev–Trinajstić information content (AvgIpc) is 2.90. The van der Waals surface area contributed by atoms with Gasteiger partial charge in [-0.3, -0.25) is 14.4 Å². The predicted molar refractivity (Wildman–Crippen MR) is 151 cm³/mol. The van der Waals surface area contributed by atoms with Crippen molar-refractivity contribution in [3.05, 3.63) is 46.5 Å². The maximum atomic E-state index is 12.2. The van der Waals surface area contributed by atoms with Gasteiger partial charge in [0.15, 0.2) is 11.6 Å². The van der Waals surface area contributed by atoms with Crippen molar-refractivity contribution < 1.29 is 43.5 Å². The Labute approximate surface area is 236 Å². The molecule has 9 heteroatoms. The van der Waals surface area contributed by atoms with Crippen molar-refractivity contribution in [2.24, 2.45) is 0 Å². The minimum absolute atomic E-state index is 0.00418. The smallest absolute Gasteiger partial charge is 0.306 e. The third-order valence-corrected chi connectivity index (χ3v) is 6.16. The topological polar surface area (TPSA) is 129 Å². The number of hydrogen-bond acceptors (Lipinski definition) is 8. The third kappa shape index (κ3) is 9.86. The molecule has 0 aromatic heterocycles. The molecule has 0 saturated carbocycles. The molecule has 0 spiro atoms. The zero-order valence-corrected chi connectivity index (χ0v) is 24.0. The van der Waals surface area contributed by atoms with E-state index in [1.165, 1.54) is 13.8 Å². The Hall–Kier alpha value is -3.59. The first-order chi connectivity index (χ1) is 19.2. The summed E-state index contributed by atoms with van der Waals surface area (Å²) in [6, 6.07) is 6.67. The molecule has 0 fully saturated rings. The molecule has 0 aliphatic heterocycles. The largest absolute Gasteiger partial charge is 0.507 e. The molecule has 0 saturated heterocycles. The summed E-state index contributed by atoms with van der Waals surface area (Å²) < 4.78 is 23.3. The van der Waals surface area contributed by atoms with Crippen LogP contribution in [-0.4, -0.2) is 60.8 Å². The van der Waals surface area contributed by atoms with Gasteiger partial charge in [-0.25, -0.2) is 0 Å². The van der Waals surface area contributed by atoms with Gasteiger partial charge in [0.05, 0.1) is 37.4 Å². The number of Topliss-reactive ketones (excluding diaryl/α,β-unsaturated/α-hetero) is 2. The van der Waals surface area contributed by atoms with Gasteiger partial charge in [-0.05, 0) is 51.0 Å². The van der Waals surface area contributed by atoms with E-state index >= 15 is 0 Å². The Kier molecular flexibility index (Phi) is 14.0. The number of benzene rings is 2. The first-order valence-corrected chi connectivity index (χ1v) is 13.9. The first kappa shape index (κ1) is 32.6. The Morgan fingerprint density at radius 1 is 0.700 bits per heavy atom. The van der Waals surface area contributed by atoms with E-state index < -0.39 is 5.97 Å². The fourth-order valence-electron chi connectivity index (χ4n) is 4.23. The summed E-state index contributed by atoms with van der Waals surface area (Å²) >= 11 is 0.